The maximum Gasteiger partial charge on any atom is 0.164 e. The van der Waals surface area contributed by atoms with Crippen LogP contribution in [0.2, 0.25) is 0 Å². The van der Waals surface area contributed by atoms with E-state index in [0.717, 1.165) is 16.3 Å². The zero-order valence-corrected chi connectivity index (χ0v) is 10.7. The van der Waals surface area contributed by atoms with Crippen LogP contribution in [-0.2, 0) is 14.3 Å². The van der Waals surface area contributed by atoms with Crippen LogP contribution in [0.15, 0.2) is 28.7 Å². The van der Waals surface area contributed by atoms with Gasteiger partial charge in [0.1, 0.15) is 12.2 Å². The Balaban J connectivity index is 2.26. The number of aldehydes is 1. The van der Waals surface area contributed by atoms with Gasteiger partial charge in [-0.2, -0.15) is 0 Å². The maximum atomic E-state index is 10.9. The summed E-state index contributed by atoms with van der Waals surface area (Å²) >= 11 is 3.37. The highest BCUT2D eigenvalue weighted by molar-refractivity contribution is 9.10. The Bertz CT molecular complexity index is 386. The molecule has 1 aromatic rings. The van der Waals surface area contributed by atoms with E-state index in [4.69, 9.17) is 9.47 Å². The van der Waals surface area contributed by atoms with Crippen LogP contribution in [0.25, 0.3) is 0 Å². The Kier molecular flexibility index (Phi) is 3.15. The summed E-state index contributed by atoms with van der Waals surface area (Å²) in [5.41, 5.74) is 0.950. The van der Waals surface area contributed by atoms with E-state index in [1.807, 2.05) is 38.1 Å². The molecular weight excluding hydrogens is 272 g/mol. The van der Waals surface area contributed by atoms with Crippen molar-refractivity contribution in [1.29, 1.82) is 0 Å². The fourth-order valence-electron chi connectivity index (χ4n) is 1.80. The Labute approximate surface area is 103 Å². The first-order valence-electron chi connectivity index (χ1n) is 5.08. The summed E-state index contributed by atoms with van der Waals surface area (Å²) in [6.45, 7) is 3.62. The van der Waals surface area contributed by atoms with Gasteiger partial charge in [-0.15, -0.1) is 0 Å². The van der Waals surface area contributed by atoms with E-state index in [0.29, 0.717) is 0 Å². The molecule has 0 N–H and O–H groups in total. The second-order valence-corrected chi connectivity index (χ2v) is 5.12. The molecule has 0 aromatic heterocycles. The van der Waals surface area contributed by atoms with Gasteiger partial charge in [0, 0.05) is 4.47 Å². The van der Waals surface area contributed by atoms with Crippen molar-refractivity contribution in [1.82, 2.24) is 0 Å². The van der Waals surface area contributed by atoms with Crippen molar-refractivity contribution >= 4 is 22.2 Å². The van der Waals surface area contributed by atoms with Crippen LogP contribution < -0.4 is 0 Å². The van der Waals surface area contributed by atoms with Crippen LogP contribution in [0.1, 0.15) is 25.5 Å². The van der Waals surface area contributed by atoms with E-state index < -0.39 is 11.9 Å². The lowest BCUT2D eigenvalue weighted by Gasteiger charge is -2.16. The zero-order chi connectivity index (χ0) is 11.8. The summed E-state index contributed by atoms with van der Waals surface area (Å²) in [7, 11) is 0. The topological polar surface area (TPSA) is 35.5 Å². The van der Waals surface area contributed by atoms with Crippen LogP contribution >= 0.6 is 15.9 Å². The minimum atomic E-state index is -0.705. The molecule has 1 aliphatic rings. The molecule has 1 aliphatic heterocycles. The SMILES string of the molecule is CC1(C)OC(C=O)C(c2ccc(Br)cc2)O1. The van der Waals surface area contributed by atoms with Crippen molar-refractivity contribution in [2.24, 2.45) is 0 Å². The molecule has 2 atom stereocenters. The van der Waals surface area contributed by atoms with Crippen LogP contribution in [0.5, 0.6) is 0 Å². The first-order chi connectivity index (χ1) is 7.52. The molecule has 16 heavy (non-hydrogen) atoms. The van der Waals surface area contributed by atoms with Gasteiger partial charge in [-0.05, 0) is 31.5 Å². The highest BCUT2D eigenvalue weighted by Crippen LogP contribution is 2.37. The summed E-state index contributed by atoms with van der Waals surface area (Å²) in [5.74, 6) is -0.705. The van der Waals surface area contributed by atoms with Gasteiger partial charge >= 0.3 is 0 Å². The molecule has 0 amide bonds. The second-order valence-electron chi connectivity index (χ2n) is 4.21. The van der Waals surface area contributed by atoms with Gasteiger partial charge < -0.3 is 14.3 Å². The van der Waals surface area contributed by atoms with E-state index >= 15 is 0 Å². The Hall–Kier alpha value is -0.710. The molecule has 3 nitrogen and oxygen atoms in total. The van der Waals surface area contributed by atoms with Crippen LogP contribution in [0, 0.1) is 0 Å². The van der Waals surface area contributed by atoms with Crippen LogP contribution in [0.4, 0.5) is 0 Å². The van der Waals surface area contributed by atoms with Gasteiger partial charge in [0.25, 0.3) is 0 Å². The third-order valence-corrected chi connectivity index (χ3v) is 2.99. The van der Waals surface area contributed by atoms with Gasteiger partial charge in [-0.25, -0.2) is 0 Å². The summed E-state index contributed by atoms with van der Waals surface area (Å²) < 4.78 is 12.2. The monoisotopic (exact) mass is 284 g/mol. The first-order valence-corrected chi connectivity index (χ1v) is 5.87. The molecule has 0 radical (unpaired) electrons. The van der Waals surface area contributed by atoms with Gasteiger partial charge in [0.05, 0.1) is 0 Å². The third kappa shape index (κ3) is 2.34. The molecule has 0 bridgehead atoms. The molecular formula is C12H13BrO3. The molecule has 1 heterocycles. The van der Waals surface area contributed by atoms with Crippen molar-refractivity contribution in [3.05, 3.63) is 34.3 Å². The Morgan fingerprint density at radius 1 is 1.25 bits per heavy atom. The van der Waals surface area contributed by atoms with Gasteiger partial charge in [0.15, 0.2) is 12.1 Å². The third-order valence-electron chi connectivity index (χ3n) is 2.46. The summed E-state index contributed by atoms with van der Waals surface area (Å²) in [6, 6.07) is 7.70. The number of hydrogen-bond acceptors (Lipinski definition) is 3. The molecule has 0 aliphatic carbocycles. The first kappa shape index (κ1) is 11.8. The lowest BCUT2D eigenvalue weighted by Crippen LogP contribution is -2.21. The molecule has 1 aromatic carbocycles. The van der Waals surface area contributed by atoms with Crippen molar-refractivity contribution in [3.8, 4) is 0 Å². The van der Waals surface area contributed by atoms with Crippen molar-refractivity contribution in [2.45, 2.75) is 31.8 Å². The minimum absolute atomic E-state index is 0.319. The number of hydrogen-bond donors (Lipinski definition) is 0. The molecule has 2 rings (SSSR count). The number of rotatable bonds is 2. The molecule has 2 unspecified atom stereocenters. The van der Waals surface area contributed by atoms with E-state index in [2.05, 4.69) is 15.9 Å². The number of carbonyl (C=O) groups is 1. The average molecular weight is 285 g/mol. The van der Waals surface area contributed by atoms with E-state index in [9.17, 15) is 4.79 Å². The van der Waals surface area contributed by atoms with Crippen molar-refractivity contribution in [2.75, 3.05) is 0 Å². The highest BCUT2D eigenvalue weighted by Gasteiger charge is 2.41. The largest absolute Gasteiger partial charge is 0.339 e. The van der Waals surface area contributed by atoms with Gasteiger partial charge in [-0.3, -0.25) is 0 Å². The molecule has 0 spiro atoms. The zero-order valence-electron chi connectivity index (χ0n) is 9.14. The standard InChI is InChI=1S/C12H13BrO3/c1-12(2)15-10(7-14)11(16-12)8-3-5-9(13)6-4-8/h3-7,10-11H,1-2H3. The second kappa shape index (κ2) is 4.28. The highest BCUT2D eigenvalue weighted by atomic mass is 79.9. The molecule has 4 heteroatoms. The number of ether oxygens (including phenoxy) is 2. The fraction of sp³-hybridized carbons (Fsp3) is 0.417. The Morgan fingerprint density at radius 3 is 2.44 bits per heavy atom. The van der Waals surface area contributed by atoms with Gasteiger partial charge in [0.2, 0.25) is 0 Å². The average Bonchev–Trinajstić information content (AvgIpc) is 2.55. The van der Waals surface area contributed by atoms with Gasteiger partial charge in [-0.1, -0.05) is 28.1 Å². The van der Waals surface area contributed by atoms with E-state index in [-0.39, 0.29) is 6.10 Å². The lowest BCUT2D eigenvalue weighted by atomic mass is 10.1. The van der Waals surface area contributed by atoms with Crippen LogP contribution in [-0.4, -0.2) is 18.2 Å². The smallest absolute Gasteiger partial charge is 0.164 e. The summed E-state index contributed by atoms with van der Waals surface area (Å²) in [5, 5.41) is 0. The quantitative estimate of drug-likeness (QED) is 0.784. The molecule has 1 saturated heterocycles. The van der Waals surface area contributed by atoms with Crippen LogP contribution in [0.3, 0.4) is 0 Å². The Morgan fingerprint density at radius 2 is 1.88 bits per heavy atom. The predicted molar refractivity (Wildman–Crippen MR) is 63.0 cm³/mol. The van der Waals surface area contributed by atoms with E-state index in [1.165, 1.54) is 0 Å². The maximum absolute atomic E-state index is 10.9. The minimum Gasteiger partial charge on any atom is -0.339 e. The molecule has 0 saturated carbocycles. The molecule has 1 fully saturated rings. The van der Waals surface area contributed by atoms with Crippen molar-refractivity contribution in [3.63, 3.8) is 0 Å². The predicted octanol–water partition coefficient (Wildman–Crippen LogP) is 2.84. The van der Waals surface area contributed by atoms with E-state index in [1.54, 1.807) is 0 Å². The summed E-state index contributed by atoms with van der Waals surface area (Å²) in [4.78, 5) is 10.9. The normalized spacial score (nSPS) is 27.9. The number of benzene rings is 1. The molecule has 86 valence electrons. The number of carbonyl (C=O) groups excluding carboxylic acids is 1. The lowest BCUT2D eigenvalue weighted by molar-refractivity contribution is -0.150. The van der Waals surface area contributed by atoms with Crippen molar-refractivity contribution < 1.29 is 14.3 Å². The number of halogens is 1. The fourth-order valence-corrected chi connectivity index (χ4v) is 2.06. The summed E-state index contributed by atoms with van der Waals surface area (Å²) in [6.07, 6.45) is -0.0571.